The number of anilines is 2. The minimum Gasteiger partial charge on any atom is -0.461 e. The van der Waals surface area contributed by atoms with E-state index in [9.17, 15) is 14.4 Å². The SMILES string of the molecule is CC(=O)N1C[C@@H]2CC[C@H]1CN2c1nc(OC[C@@]23CCCN2C[C@H](F)C3)nc2c(C(F)(F)F)c(-c3ccc(F)c4sc(N)c(C#N)c34)c(C(F)(F)F)cc12. The van der Waals surface area contributed by atoms with Gasteiger partial charge in [-0.05, 0) is 49.9 Å². The van der Waals surface area contributed by atoms with Crippen molar-refractivity contribution < 1.29 is 44.7 Å². The molecule has 0 radical (unpaired) electrons. The number of nitrogens with zero attached hydrogens (tertiary/aromatic N) is 6. The van der Waals surface area contributed by atoms with Crippen LogP contribution in [0.2, 0.25) is 0 Å². The number of rotatable bonds is 5. The largest absolute Gasteiger partial charge is 0.461 e. The molecule has 0 unspecified atom stereocenters. The highest BCUT2D eigenvalue weighted by molar-refractivity contribution is 7.23. The number of hydrogen-bond acceptors (Lipinski definition) is 9. The summed E-state index contributed by atoms with van der Waals surface area (Å²) in [6, 6.07) is 2.36. The van der Waals surface area contributed by atoms with Crippen molar-refractivity contribution in [2.24, 2.45) is 0 Å². The van der Waals surface area contributed by atoms with Crippen LogP contribution in [0.3, 0.4) is 0 Å². The maximum Gasteiger partial charge on any atom is 0.419 e. The number of benzene rings is 2. The molecule has 7 heterocycles. The number of thiophene rings is 1. The summed E-state index contributed by atoms with van der Waals surface area (Å²) in [6.45, 7) is 2.25. The van der Waals surface area contributed by atoms with Gasteiger partial charge in [-0.25, -0.2) is 8.78 Å². The van der Waals surface area contributed by atoms with Crippen LogP contribution in [0.1, 0.15) is 55.7 Å². The number of nitrogen functional groups attached to an aromatic ring is 1. The number of carbonyl (C=O) groups is 1. The minimum absolute atomic E-state index is 0.0831. The second-order valence-corrected chi connectivity index (χ2v) is 15.3. The van der Waals surface area contributed by atoms with Gasteiger partial charge in [-0.1, -0.05) is 6.07 Å². The number of fused-ring (bicyclic) bond motifs is 6. The van der Waals surface area contributed by atoms with E-state index in [0.29, 0.717) is 43.2 Å². The number of halogens is 8. The Labute approximate surface area is 300 Å². The maximum atomic E-state index is 15.6. The van der Waals surface area contributed by atoms with Gasteiger partial charge in [0.05, 0.1) is 32.4 Å². The maximum absolute atomic E-state index is 15.6. The van der Waals surface area contributed by atoms with Crippen molar-refractivity contribution in [1.29, 1.82) is 5.26 Å². The summed E-state index contributed by atoms with van der Waals surface area (Å²) in [4.78, 5) is 26.2. The number of amides is 1. The van der Waals surface area contributed by atoms with Crippen molar-refractivity contribution in [2.45, 2.75) is 75.2 Å². The van der Waals surface area contributed by atoms with E-state index in [2.05, 4.69) is 9.97 Å². The zero-order valence-electron chi connectivity index (χ0n) is 28.0. The molecule has 1 amide bonds. The van der Waals surface area contributed by atoms with Gasteiger partial charge in [-0.15, -0.1) is 11.3 Å². The Hall–Kier alpha value is -4.50. The number of hydrogen-bond donors (Lipinski definition) is 1. The number of nitriles is 1. The van der Waals surface area contributed by atoms with Crippen LogP contribution in [-0.4, -0.2) is 82.3 Å². The first kappa shape index (κ1) is 35.5. The molecule has 53 heavy (non-hydrogen) atoms. The average molecular weight is 766 g/mol. The van der Waals surface area contributed by atoms with E-state index in [-0.39, 0.29) is 60.1 Å². The summed E-state index contributed by atoms with van der Waals surface area (Å²) in [5, 5.41) is 8.54. The summed E-state index contributed by atoms with van der Waals surface area (Å²) in [6.07, 6.45) is -9.53. The quantitative estimate of drug-likeness (QED) is 0.211. The molecule has 280 valence electrons. The van der Waals surface area contributed by atoms with Crippen LogP contribution >= 0.6 is 11.3 Å². The average Bonchev–Trinajstić information content (AvgIpc) is 3.74. The fraction of sp³-hybridized carbons (Fsp3) is 0.486. The third-order valence-electron chi connectivity index (χ3n) is 11.2. The highest BCUT2D eigenvalue weighted by Crippen LogP contribution is 2.53. The molecule has 18 heteroatoms. The first-order valence-electron chi connectivity index (χ1n) is 17.0. The first-order chi connectivity index (χ1) is 25.0. The number of aromatic nitrogens is 2. The molecule has 9 nitrogen and oxygen atoms in total. The molecule has 2 aromatic carbocycles. The van der Waals surface area contributed by atoms with Gasteiger partial charge in [-0.3, -0.25) is 9.69 Å². The normalized spacial score (nSPS) is 24.7. The van der Waals surface area contributed by atoms with Crippen molar-refractivity contribution in [1.82, 2.24) is 19.8 Å². The smallest absolute Gasteiger partial charge is 0.419 e. The van der Waals surface area contributed by atoms with E-state index in [4.69, 9.17) is 10.5 Å². The van der Waals surface area contributed by atoms with E-state index >= 15 is 30.7 Å². The number of alkyl halides is 7. The molecule has 2 aromatic heterocycles. The molecule has 4 aromatic rings. The van der Waals surface area contributed by atoms with Gasteiger partial charge in [0.2, 0.25) is 5.91 Å². The Morgan fingerprint density at radius 3 is 2.53 bits per heavy atom. The van der Waals surface area contributed by atoms with E-state index < -0.39 is 86.0 Å². The van der Waals surface area contributed by atoms with Crippen LogP contribution in [-0.2, 0) is 17.1 Å². The Morgan fingerprint density at radius 1 is 1.11 bits per heavy atom. The van der Waals surface area contributed by atoms with Crippen molar-refractivity contribution in [2.75, 3.05) is 43.4 Å². The Morgan fingerprint density at radius 2 is 1.87 bits per heavy atom. The van der Waals surface area contributed by atoms with E-state index in [1.165, 1.54) is 6.92 Å². The molecule has 5 saturated heterocycles. The molecule has 9 rings (SSSR count). The number of piperidine rings is 2. The van der Waals surface area contributed by atoms with Crippen LogP contribution in [0.4, 0.5) is 45.9 Å². The zero-order valence-corrected chi connectivity index (χ0v) is 28.9. The molecule has 0 aliphatic carbocycles. The number of carbonyl (C=O) groups excluding carboxylic acids is 1. The Balaban J connectivity index is 1.41. The van der Waals surface area contributed by atoms with Gasteiger partial charge in [0, 0.05) is 61.4 Å². The van der Waals surface area contributed by atoms with Gasteiger partial charge >= 0.3 is 18.4 Å². The fourth-order valence-electron chi connectivity index (χ4n) is 8.92. The lowest BCUT2D eigenvalue weighted by Gasteiger charge is -2.52. The zero-order chi connectivity index (χ0) is 37.8. The summed E-state index contributed by atoms with van der Waals surface area (Å²) in [5.74, 6) is -1.42. The first-order valence-corrected chi connectivity index (χ1v) is 17.8. The predicted molar refractivity (Wildman–Crippen MR) is 180 cm³/mol. The third kappa shape index (κ3) is 5.69. The molecule has 2 bridgehead atoms. The summed E-state index contributed by atoms with van der Waals surface area (Å²) < 4.78 is 128. The lowest BCUT2D eigenvalue weighted by Crippen LogP contribution is -2.64. The molecule has 5 aliphatic rings. The second kappa shape index (κ2) is 12.3. The van der Waals surface area contributed by atoms with E-state index in [1.54, 1.807) is 15.9 Å². The second-order valence-electron chi connectivity index (χ2n) is 14.2. The van der Waals surface area contributed by atoms with Crippen LogP contribution < -0.4 is 15.4 Å². The summed E-state index contributed by atoms with van der Waals surface area (Å²) in [7, 11) is 0. The number of piperazine rings is 1. The molecule has 4 atom stereocenters. The molecule has 5 aliphatic heterocycles. The number of ether oxygens (including phenoxy) is 1. The summed E-state index contributed by atoms with van der Waals surface area (Å²) >= 11 is 0.534. The van der Waals surface area contributed by atoms with Crippen molar-refractivity contribution >= 4 is 49.1 Å². The third-order valence-corrected chi connectivity index (χ3v) is 12.2. The highest BCUT2D eigenvalue weighted by atomic mass is 32.1. The summed E-state index contributed by atoms with van der Waals surface area (Å²) in [5.41, 5.74) is -1.75. The lowest BCUT2D eigenvalue weighted by atomic mass is 9.87. The Bertz CT molecular complexity index is 2220. The van der Waals surface area contributed by atoms with E-state index in [0.717, 1.165) is 18.6 Å². The van der Waals surface area contributed by atoms with Gasteiger partial charge in [0.1, 0.15) is 35.5 Å². The highest BCUT2D eigenvalue weighted by Gasteiger charge is 2.50. The monoisotopic (exact) mass is 765 g/mol. The van der Waals surface area contributed by atoms with Gasteiger partial charge in [0.15, 0.2) is 0 Å². The lowest BCUT2D eigenvalue weighted by molar-refractivity contribution is -0.141. The molecule has 2 N–H and O–H groups in total. The topological polar surface area (TPSA) is 112 Å². The van der Waals surface area contributed by atoms with Crippen molar-refractivity contribution in [3.05, 3.63) is 40.7 Å². The van der Waals surface area contributed by atoms with Crippen LogP contribution in [0.5, 0.6) is 6.01 Å². The molecule has 0 saturated carbocycles. The Kier molecular flexibility index (Phi) is 8.22. The van der Waals surface area contributed by atoms with Crippen LogP contribution in [0.25, 0.3) is 32.1 Å². The number of nitrogens with two attached hydrogens (primary N) is 1. The predicted octanol–water partition coefficient (Wildman–Crippen LogP) is 7.30. The van der Waals surface area contributed by atoms with Gasteiger partial charge in [0.25, 0.3) is 0 Å². The fourth-order valence-corrected chi connectivity index (χ4v) is 9.87. The van der Waals surface area contributed by atoms with Crippen molar-refractivity contribution in [3.8, 4) is 23.2 Å². The van der Waals surface area contributed by atoms with Gasteiger partial charge < -0.3 is 20.3 Å². The molecular formula is C35H31F8N7O2S. The van der Waals surface area contributed by atoms with Crippen molar-refractivity contribution in [3.63, 3.8) is 0 Å². The van der Waals surface area contributed by atoms with Crippen LogP contribution in [0, 0.1) is 17.1 Å². The molecular weight excluding hydrogens is 734 g/mol. The van der Waals surface area contributed by atoms with E-state index in [1.807, 2.05) is 4.90 Å². The molecule has 0 spiro atoms. The standard InChI is InChI=1S/C35H31F8N7O2S/c1-16(51)49-13-19-4-3-18(49)14-50(19)31-21-9-23(34(38,39)40)26(20-5-6-24(37)29-25(20)22(11-44)30(45)53-29)27(35(41,42)43)28(21)46-32(47-31)52-15-33-7-2-8-48(33)12-17(36)10-33/h5-6,9,17-19H,2-4,7-8,10,12-15,45H2,1H3/t17-,18+,19+,33+/m1/s1. The minimum atomic E-state index is -5.49. The molecule has 5 fully saturated rings. The van der Waals surface area contributed by atoms with Crippen LogP contribution in [0.15, 0.2) is 18.2 Å². The van der Waals surface area contributed by atoms with Gasteiger partial charge in [-0.2, -0.15) is 41.6 Å².